The van der Waals surface area contributed by atoms with E-state index in [0.717, 1.165) is 37.1 Å². The highest BCUT2D eigenvalue weighted by atomic mass is 19.1. The second-order valence-electron chi connectivity index (χ2n) is 5.12. The number of rotatable bonds is 3. The van der Waals surface area contributed by atoms with Crippen LogP contribution in [0.5, 0.6) is 0 Å². The van der Waals surface area contributed by atoms with E-state index in [1.807, 2.05) is 6.07 Å². The quantitative estimate of drug-likeness (QED) is 0.891. The molecule has 0 amide bonds. The molecule has 1 aliphatic heterocycles. The van der Waals surface area contributed by atoms with Crippen molar-refractivity contribution in [3.05, 3.63) is 29.8 Å². The van der Waals surface area contributed by atoms with Crippen LogP contribution in [0.4, 0.5) is 4.39 Å². The maximum Gasteiger partial charge on any atom is 0.151 e. The van der Waals surface area contributed by atoms with Gasteiger partial charge in [-0.05, 0) is 31.5 Å². The Morgan fingerprint density at radius 3 is 3.11 bits per heavy atom. The van der Waals surface area contributed by atoms with Crippen LogP contribution >= 0.6 is 0 Å². The topological polar surface area (TPSA) is 52.1 Å². The zero-order valence-corrected chi connectivity index (χ0v) is 10.8. The van der Waals surface area contributed by atoms with Crippen LogP contribution in [-0.4, -0.2) is 39.2 Å². The number of hydrogen-bond acceptors (Lipinski definition) is 3. The second kappa shape index (κ2) is 5.27. The molecule has 0 radical (unpaired) electrons. The summed E-state index contributed by atoms with van der Waals surface area (Å²) >= 11 is 0. The normalized spacial score (nSPS) is 21.1. The van der Waals surface area contributed by atoms with Crippen LogP contribution in [0, 0.1) is 5.82 Å². The number of aliphatic hydroxyl groups excluding tert-OH is 1. The Kier molecular flexibility index (Phi) is 3.48. The number of nitrogens with zero attached hydrogens (tertiary/aromatic N) is 2. The molecule has 0 unspecified atom stereocenters. The Morgan fingerprint density at radius 2 is 2.32 bits per heavy atom. The minimum Gasteiger partial charge on any atom is -0.395 e. The lowest BCUT2D eigenvalue weighted by molar-refractivity contribution is 0.0822. The summed E-state index contributed by atoms with van der Waals surface area (Å²) in [6, 6.07) is 5.13. The molecule has 4 nitrogen and oxygen atoms in total. The molecule has 1 fully saturated rings. The summed E-state index contributed by atoms with van der Waals surface area (Å²) < 4.78 is 13.6. The van der Waals surface area contributed by atoms with Crippen molar-refractivity contribution < 1.29 is 9.50 Å². The van der Waals surface area contributed by atoms with Crippen molar-refractivity contribution in [3.63, 3.8) is 0 Å². The number of nitrogens with one attached hydrogen (secondary N) is 1. The molecule has 1 atom stereocenters. The van der Waals surface area contributed by atoms with Gasteiger partial charge < -0.3 is 10.1 Å². The molecule has 1 saturated heterocycles. The number of fused-ring (bicyclic) bond motifs is 1. The van der Waals surface area contributed by atoms with E-state index in [9.17, 15) is 9.50 Å². The lowest BCUT2D eigenvalue weighted by Crippen LogP contribution is -2.41. The smallest absolute Gasteiger partial charge is 0.151 e. The van der Waals surface area contributed by atoms with Gasteiger partial charge in [-0.25, -0.2) is 9.37 Å². The van der Waals surface area contributed by atoms with Gasteiger partial charge in [0.05, 0.1) is 18.7 Å². The van der Waals surface area contributed by atoms with Gasteiger partial charge in [-0.3, -0.25) is 4.90 Å². The fraction of sp³-hybridized carbons (Fsp3) is 0.500. The standard InChI is InChI=1S/C14H18FN3O/c15-11-5-3-6-12-14(11)17-13(16-12)8-18-7-2-1-4-10(18)9-19/h3,5-6,10,19H,1-2,4,7-9H2,(H,16,17)/t10-/m1/s1. The first kappa shape index (κ1) is 12.6. The van der Waals surface area contributed by atoms with Crippen molar-refractivity contribution in [1.29, 1.82) is 0 Å². The average Bonchev–Trinajstić information content (AvgIpc) is 2.83. The average molecular weight is 263 g/mol. The summed E-state index contributed by atoms with van der Waals surface area (Å²) in [6.45, 7) is 1.78. The molecule has 2 heterocycles. The number of hydrogen-bond donors (Lipinski definition) is 2. The summed E-state index contributed by atoms with van der Waals surface area (Å²) in [4.78, 5) is 9.70. The van der Waals surface area contributed by atoms with Gasteiger partial charge in [0.2, 0.25) is 0 Å². The summed E-state index contributed by atoms with van der Waals surface area (Å²) in [7, 11) is 0. The molecule has 3 rings (SSSR count). The van der Waals surface area contributed by atoms with Crippen LogP contribution in [0.25, 0.3) is 11.0 Å². The second-order valence-corrected chi connectivity index (χ2v) is 5.12. The third kappa shape index (κ3) is 2.48. The molecule has 2 aromatic rings. The van der Waals surface area contributed by atoms with Crippen LogP contribution in [-0.2, 0) is 6.54 Å². The monoisotopic (exact) mass is 263 g/mol. The van der Waals surface area contributed by atoms with Gasteiger partial charge in [-0.15, -0.1) is 0 Å². The van der Waals surface area contributed by atoms with Gasteiger partial charge in [-0.1, -0.05) is 12.5 Å². The van der Waals surface area contributed by atoms with Gasteiger partial charge >= 0.3 is 0 Å². The van der Waals surface area contributed by atoms with Crippen LogP contribution in [0.1, 0.15) is 25.1 Å². The van der Waals surface area contributed by atoms with E-state index >= 15 is 0 Å². The highest BCUT2D eigenvalue weighted by Crippen LogP contribution is 2.20. The molecule has 0 saturated carbocycles. The summed E-state index contributed by atoms with van der Waals surface area (Å²) in [5, 5.41) is 9.39. The molecule has 1 aromatic carbocycles. The highest BCUT2D eigenvalue weighted by molar-refractivity contribution is 5.75. The Bertz CT molecular complexity index is 569. The molecule has 19 heavy (non-hydrogen) atoms. The zero-order chi connectivity index (χ0) is 13.2. The first-order valence-electron chi connectivity index (χ1n) is 6.76. The van der Waals surface area contributed by atoms with Crippen molar-refractivity contribution in [2.45, 2.75) is 31.8 Å². The number of imidazole rings is 1. The van der Waals surface area contributed by atoms with Crippen molar-refractivity contribution in [3.8, 4) is 0 Å². The van der Waals surface area contributed by atoms with Gasteiger partial charge in [0.25, 0.3) is 0 Å². The van der Waals surface area contributed by atoms with Crippen molar-refractivity contribution >= 4 is 11.0 Å². The number of likely N-dealkylation sites (tertiary alicyclic amines) is 1. The molecule has 102 valence electrons. The lowest BCUT2D eigenvalue weighted by Gasteiger charge is -2.33. The fourth-order valence-electron chi connectivity index (χ4n) is 2.79. The molecule has 2 N–H and O–H groups in total. The number of aromatic nitrogens is 2. The zero-order valence-electron chi connectivity index (χ0n) is 10.8. The molecule has 0 aliphatic carbocycles. The molecule has 1 aromatic heterocycles. The van der Waals surface area contributed by atoms with Gasteiger partial charge in [-0.2, -0.15) is 0 Å². The first-order valence-corrected chi connectivity index (χ1v) is 6.76. The van der Waals surface area contributed by atoms with E-state index in [-0.39, 0.29) is 18.5 Å². The first-order chi connectivity index (χ1) is 9.28. The fourth-order valence-corrected chi connectivity index (χ4v) is 2.79. The summed E-state index contributed by atoms with van der Waals surface area (Å²) in [6.07, 6.45) is 3.33. The Morgan fingerprint density at radius 1 is 1.42 bits per heavy atom. The molecule has 0 spiro atoms. The van der Waals surface area contributed by atoms with Crippen molar-refractivity contribution in [2.75, 3.05) is 13.2 Å². The third-order valence-electron chi connectivity index (χ3n) is 3.83. The van der Waals surface area contributed by atoms with E-state index in [4.69, 9.17) is 0 Å². The molecule has 0 bridgehead atoms. The van der Waals surface area contributed by atoms with E-state index in [1.54, 1.807) is 6.07 Å². The lowest BCUT2D eigenvalue weighted by atomic mass is 10.0. The Hall–Kier alpha value is -1.46. The van der Waals surface area contributed by atoms with Crippen molar-refractivity contribution in [2.24, 2.45) is 0 Å². The largest absolute Gasteiger partial charge is 0.395 e. The molecule has 5 heteroatoms. The van der Waals surface area contributed by atoms with Crippen LogP contribution in [0.3, 0.4) is 0 Å². The van der Waals surface area contributed by atoms with Crippen LogP contribution < -0.4 is 0 Å². The third-order valence-corrected chi connectivity index (χ3v) is 3.83. The highest BCUT2D eigenvalue weighted by Gasteiger charge is 2.22. The van der Waals surface area contributed by atoms with Crippen LogP contribution in [0.2, 0.25) is 0 Å². The number of H-pyrrole nitrogens is 1. The number of halogens is 1. The molecular weight excluding hydrogens is 245 g/mol. The number of aromatic amines is 1. The maximum atomic E-state index is 13.6. The van der Waals surface area contributed by atoms with Crippen LogP contribution in [0.15, 0.2) is 18.2 Å². The minimum absolute atomic E-state index is 0.175. The van der Waals surface area contributed by atoms with E-state index < -0.39 is 0 Å². The maximum absolute atomic E-state index is 13.6. The minimum atomic E-state index is -0.294. The molecule has 1 aliphatic rings. The predicted molar refractivity (Wildman–Crippen MR) is 71.2 cm³/mol. The van der Waals surface area contributed by atoms with Gasteiger partial charge in [0, 0.05) is 6.04 Å². The van der Waals surface area contributed by atoms with E-state index in [1.165, 1.54) is 6.07 Å². The van der Waals surface area contributed by atoms with Crippen molar-refractivity contribution in [1.82, 2.24) is 14.9 Å². The number of piperidine rings is 1. The SMILES string of the molecule is OC[C@H]1CCCCN1Cc1nc2c(F)cccc2[nH]1. The number of aliphatic hydroxyl groups is 1. The summed E-state index contributed by atoms with van der Waals surface area (Å²) in [5.41, 5.74) is 1.13. The van der Waals surface area contributed by atoms with E-state index in [0.29, 0.717) is 12.1 Å². The molecular formula is C14H18FN3O. The Labute approximate surface area is 111 Å². The number of para-hydroxylation sites is 1. The van der Waals surface area contributed by atoms with E-state index in [2.05, 4.69) is 14.9 Å². The Balaban J connectivity index is 1.82. The van der Waals surface area contributed by atoms with Gasteiger partial charge in [0.15, 0.2) is 5.82 Å². The van der Waals surface area contributed by atoms with Gasteiger partial charge in [0.1, 0.15) is 11.3 Å². The number of benzene rings is 1. The summed E-state index contributed by atoms with van der Waals surface area (Å²) in [5.74, 6) is 0.470. The predicted octanol–water partition coefficient (Wildman–Crippen LogP) is 2.05.